The van der Waals surface area contributed by atoms with Crippen molar-refractivity contribution in [2.75, 3.05) is 26.9 Å². The van der Waals surface area contributed by atoms with E-state index in [1.54, 1.807) is 0 Å². The van der Waals surface area contributed by atoms with E-state index in [-0.39, 0.29) is 19.8 Å². The van der Waals surface area contributed by atoms with Crippen molar-refractivity contribution in [1.82, 2.24) is 4.72 Å². The maximum atomic E-state index is 13.7. The fourth-order valence-electron chi connectivity index (χ4n) is 2.12. The molecule has 2 N–H and O–H groups in total. The summed E-state index contributed by atoms with van der Waals surface area (Å²) in [5, 5.41) is 9.03. The number of hydrogen-bond donors (Lipinski definition) is 2. The molecule has 1 heterocycles. The summed E-state index contributed by atoms with van der Waals surface area (Å²) in [5.74, 6) is -0.867. The average molecular weight is 319 g/mol. The molecule has 0 saturated carbocycles. The van der Waals surface area contributed by atoms with Crippen LogP contribution in [0.15, 0.2) is 23.1 Å². The van der Waals surface area contributed by atoms with E-state index in [0.717, 1.165) is 12.1 Å². The topological polar surface area (TPSA) is 84.9 Å². The van der Waals surface area contributed by atoms with Crippen LogP contribution in [-0.4, -0.2) is 46.0 Å². The third-order valence-electron chi connectivity index (χ3n) is 3.55. The molecular formula is C13H18FNO5S. The largest absolute Gasteiger partial charge is 0.392 e. The monoisotopic (exact) mass is 319 g/mol. The van der Waals surface area contributed by atoms with E-state index >= 15 is 0 Å². The predicted molar refractivity (Wildman–Crippen MR) is 72.7 cm³/mol. The Bertz CT molecular complexity index is 599. The van der Waals surface area contributed by atoms with Gasteiger partial charge in [-0.2, -0.15) is 0 Å². The Morgan fingerprint density at radius 1 is 1.52 bits per heavy atom. The average Bonchev–Trinajstić information content (AvgIpc) is 2.95. The molecule has 1 aromatic carbocycles. The minimum absolute atomic E-state index is 0.00533. The SMILES string of the molecule is COC1(CNS(=O)(=O)c2cc(CO)ccc2F)CCOC1. The maximum Gasteiger partial charge on any atom is 0.243 e. The third-order valence-corrected chi connectivity index (χ3v) is 4.97. The van der Waals surface area contributed by atoms with Crippen molar-refractivity contribution >= 4 is 10.0 Å². The number of halogens is 1. The van der Waals surface area contributed by atoms with Crippen LogP contribution in [-0.2, 0) is 26.1 Å². The highest BCUT2D eigenvalue weighted by Gasteiger charge is 2.36. The minimum Gasteiger partial charge on any atom is -0.392 e. The Balaban J connectivity index is 2.18. The molecule has 1 saturated heterocycles. The summed E-state index contributed by atoms with van der Waals surface area (Å²) in [6.07, 6.45) is 0.561. The molecule has 1 atom stereocenters. The molecule has 8 heteroatoms. The van der Waals surface area contributed by atoms with Crippen LogP contribution < -0.4 is 4.72 Å². The van der Waals surface area contributed by atoms with Gasteiger partial charge in [0.25, 0.3) is 0 Å². The highest BCUT2D eigenvalue weighted by Crippen LogP contribution is 2.23. The minimum atomic E-state index is -4.03. The first-order valence-electron chi connectivity index (χ1n) is 6.44. The molecule has 0 radical (unpaired) electrons. The Morgan fingerprint density at radius 3 is 2.86 bits per heavy atom. The van der Waals surface area contributed by atoms with Crippen LogP contribution in [0.3, 0.4) is 0 Å². The summed E-state index contributed by atoms with van der Waals surface area (Å²) >= 11 is 0. The molecule has 0 amide bonds. The van der Waals surface area contributed by atoms with Crippen LogP contribution >= 0.6 is 0 Å². The molecule has 1 aliphatic heterocycles. The zero-order chi connectivity index (χ0) is 15.5. The van der Waals surface area contributed by atoms with Gasteiger partial charge in [-0.15, -0.1) is 0 Å². The van der Waals surface area contributed by atoms with Gasteiger partial charge in [0.2, 0.25) is 10.0 Å². The van der Waals surface area contributed by atoms with Gasteiger partial charge in [0, 0.05) is 26.7 Å². The molecule has 21 heavy (non-hydrogen) atoms. The Hall–Kier alpha value is -1.06. The highest BCUT2D eigenvalue weighted by molar-refractivity contribution is 7.89. The van der Waals surface area contributed by atoms with Crippen molar-refractivity contribution in [3.8, 4) is 0 Å². The fourth-order valence-corrected chi connectivity index (χ4v) is 3.36. The van der Waals surface area contributed by atoms with Crippen molar-refractivity contribution in [1.29, 1.82) is 0 Å². The fraction of sp³-hybridized carbons (Fsp3) is 0.538. The van der Waals surface area contributed by atoms with E-state index in [0.29, 0.717) is 18.6 Å². The van der Waals surface area contributed by atoms with Gasteiger partial charge in [0.15, 0.2) is 0 Å². The molecular weight excluding hydrogens is 301 g/mol. The lowest BCUT2D eigenvalue weighted by Gasteiger charge is -2.25. The van der Waals surface area contributed by atoms with Crippen molar-refractivity contribution in [2.24, 2.45) is 0 Å². The third kappa shape index (κ3) is 3.58. The number of ether oxygens (including phenoxy) is 2. The molecule has 0 aromatic heterocycles. The van der Waals surface area contributed by atoms with Crippen molar-refractivity contribution in [3.05, 3.63) is 29.6 Å². The second-order valence-corrected chi connectivity index (χ2v) is 6.67. The van der Waals surface area contributed by atoms with Gasteiger partial charge in [-0.25, -0.2) is 17.5 Å². The van der Waals surface area contributed by atoms with E-state index in [9.17, 15) is 12.8 Å². The Morgan fingerprint density at radius 2 is 2.29 bits per heavy atom. The number of aliphatic hydroxyl groups excluding tert-OH is 1. The molecule has 1 aliphatic rings. The summed E-state index contributed by atoms with van der Waals surface area (Å²) in [4.78, 5) is -0.487. The number of methoxy groups -OCH3 is 1. The lowest BCUT2D eigenvalue weighted by Crippen LogP contribution is -2.45. The number of sulfonamides is 1. The van der Waals surface area contributed by atoms with Crippen molar-refractivity contribution in [3.63, 3.8) is 0 Å². The van der Waals surface area contributed by atoms with Gasteiger partial charge >= 0.3 is 0 Å². The lowest BCUT2D eigenvalue weighted by atomic mass is 10.0. The number of aliphatic hydroxyl groups is 1. The zero-order valence-corrected chi connectivity index (χ0v) is 12.5. The van der Waals surface area contributed by atoms with Crippen LogP contribution in [0.25, 0.3) is 0 Å². The number of hydrogen-bond acceptors (Lipinski definition) is 5. The normalized spacial score (nSPS) is 22.6. The van der Waals surface area contributed by atoms with Crippen LogP contribution in [0.2, 0.25) is 0 Å². The molecule has 1 aromatic rings. The quantitative estimate of drug-likeness (QED) is 0.793. The number of rotatable bonds is 6. The predicted octanol–water partition coefficient (Wildman–Crippen LogP) is 0.402. The van der Waals surface area contributed by atoms with Crippen LogP contribution in [0.1, 0.15) is 12.0 Å². The first-order valence-corrected chi connectivity index (χ1v) is 7.93. The molecule has 6 nitrogen and oxygen atoms in total. The highest BCUT2D eigenvalue weighted by atomic mass is 32.2. The van der Waals surface area contributed by atoms with Gasteiger partial charge in [-0.3, -0.25) is 0 Å². The molecule has 0 bridgehead atoms. The summed E-state index contributed by atoms with van der Waals surface area (Å²) in [7, 11) is -2.55. The lowest BCUT2D eigenvalue weighted by molar-refractivity contribution is -0.0120. The van der Waals surface area contributed by atoms with Crippen LogP contribution in [0, 0.1) is 5.82 Å². The summed E-state index contributed by atoms with van der Waals surface area (Å²) in [6, 6.07) is 3.46. The van der Waals surface area contributed by atoms with E-state index < -0.39 is 26.3 Å². The van der Waals surface area contributed by atoms with Gasteiger partial charge in [-0.1, -0.05) is 6.07 Å². The van der Waals surface area contributed by atoms with E-state index in [1.807, 2.05) is 0 Å². The maximum absolute atomic E-state index is 13.7. The molecule has 1 fully saturated rings. The van der Waals surface area contributed by atoms with E-state index in [1.165, 1.54) is 13.2 Å². The Kier molecular flexibility index (Phi) is 4.95. The molecule has 1 unspecified atom stereocenters. The van der Waals surface area contributed by atoms with Crippen molar-refractivity contribution in [2.45, 2.75) is 23.5 Å². The first kappa shape index (κ1) is 16.3. The zero-order valence-electron chi connectivity index (χ0n) is 11.6. The first-order chi connectivity index (χ1) is 9.92. The van der Waals surface area contributed by atoms with Crippen LogP contribution in [0.4, 0.5) is 4.39 Å². The molecule has 0 aliphatic carbocycles. The summed E-state index contributed by atoms with van der Waals surface area (Å²) in [6.45, 7) is 0.405. The molecule has 0 spiro atoms. The van der Waals surface area contributed by atoms with E-state index in [4.69, 9.17) is 14.6 Å². The number of benzene rings is 1. The van der Waals surface area contributed by atoms with Gasteiger partial charge in [0.1, 0.15) is 16.3 Å². The standard InChI is InChI=1S/C13H18FNO5S/c1-19-13(4-5-20-9-13)8-15-21(17,18)12-6-10(7-16)2-3-11(12)14/h2-3,6,15-16H,4-5,7-9H2,1H3. The van der Waals surface area contributed by atoms with E-state index in [2.05, 4.69) is 4.72 Å². The van der Waals surface area contributed by atoms with Gasteiger partial charge in [0.05, 0.1) is 13.2 Å². The smallest absolute Gasteiger partial charge is 0.243 e. The van der Waals surface area contributed by atoms with Gasteiger partial charge < -0.3 is 14.6 Å². The van der Waals surface area contributed by atoms with Crippen LogP contribution in [0.5, 0.6) is 0 Å². The van der Waals surface area contributed by atoms with Crippen molar-refractivity contribution < 1.29 is 27.4 Å². The van der Waals surface area contributed by atoms with Gasteiger partial charge in [-0.05, 0) is 17.7 Å². The molecule has 2 rings (SSSR count). The Labute approximate surface area is 122 Å². The number of nitrogens with one attached hydrogen (secondary N) is 1. The molecule has 118 valence electrons. The second-order valence-electron chi connectivity index (χ2n) is 4.94. The summed E-state index contributed by atoms with van der Waals surface area (Å²) < 4.78 is 51.0. The summed E-state index contributed by atoms with van der Waals surface area (Å²) in [5.41, 5.74) is -0.402. The second kappa shape index (κ2) is 6.37.